The van der Waals surface area contributed by atoms with Gasteiger partial charge in [0.1, 0.15) is 12.1 Å². The van der Waals surface area contributed by atoms with Gasteiger partial charge in [-0.2, -0.15) is 0 Å². The molecule has 0 spiro atoms. The lowest BCUT2D eigenvalue weighted by Crippen LogP contribution is -2.65. The van der Waals surface area contributed by atoms with Crippen LogP contribution >= 0.6 is 0 Å². The molecule has 1 fully saturated rings. The minimum Gasteiger partial charge on any atom is -0.342 e. The summed E-state index contributed by atoms with van der Waals surface area (Å²) in [5.41, 5.74) is 0. The maximum absolute atomic E-state index is 12.5. The van der Waals surface area contributed by atoms with Crippen LogP contribution in [-0.2, 0) is 9.59 Å². The van der Waals surface area contributed by atoms with Gasteiger partial charge in [0.2, 0.25) is 11.8 Å². The molecule has 1 N–H and O–H groups in total. The van der Waals surface area contributed by atoms with Crippen LogP contribution in [0.15, 0.2) is 0 Å². The van der Waals surface area contributed by atoms with E-state index in [1.54, 1.807) is 4.90 Å². The molecule has 4 atom stereocenters. The van der Waals surface area contributed by atoms with Crippen molar-refractivity contribution in [3.63, 3.8) is 0 Å². The van der Waals surface area contributed by atoms with Crippen LogP contribution in [0.1, 0.15) is 53.9 Å². The molecule has 1 saturated heterocycles. The molecule has 2 amide bonds. The Morgan fingerprint density at radius 3 is 2.39 bits per heavy atom. The number of nitrogens with one attached hydrogen (secondary N) is 1. The monoisotopic (exact) mass is 254 g/mol. The Bertz CT molecular complexity index is 317. The number of piperazine rings is 1. The molecule has 0 aliphatic carbocycles. The normalized spacial score (nSPS) is 27.9. The largest absolute Gasteiger partial charge is 0.342 e. The topological polar surface area (TPSA) is 49.4 Å². The van der Waals surface area contributed by atoms with Crippen molar-refractivity contribution in [2.75, 3.05) is 0 Å². The summed E-state index contributed by atoms with van der Waals surface area (Å²) >= 11 is 0. The van der Waals surface area contributed by atoms with E-state index in [1.165, 1.54) is 0 Å². The second kappa shape index (κ2) is 6.21. The van der Waals surface area contributed by atoms with Crippen molar-refractivity contribution in [2.24, 2.45) is 5.92 Å². The average molecular weight is 254 g/mol. The first-order chi connectivity index (χ1) is 8.43. The van der Waals surface area contributed by atoms with Gasteiger partial charge in [-0.05, 0) is 26.2 Å². The van der Waals surface area contributed by atoms with Gasteiger partial charge in [0.25, 0.3) is 0 Å². The fraction of sp³-hybridized carbons (Fsp3) is 0.857. The molecule has 1 aliphatic rings. The molecular formula is C14H26N2O2. The van der Waals surface area contributed by atoms with Gasteiger partial charge in [-0.25, -0.2) is 0 Å². The van der Waals surface area contributed by atoms with Crippen molar-refractivity contribution >= 4 is 11.8 Å². The highest BCUT2D eigenvalue weighted by atomic mass is 16.2. The minimum atomic E-state index is -0.349. The Hall–Kier alpha value is -1.06. The van der Waals surface area contributed by atoms with E-state index in [2.05, 4.69) is 12.2 Å². The zero-order chi connectivity index (χ0) is 13.9. The van der Waals surface area contributed by atoms with E-state index in [4.69, 9.17) is 0 Å². The molecule has 1 heterocycles. The van der Waals surface area contributed by atoms with Crippen LogP contribution in [0.5, 0.6) is 0 Å². The molecule has 0 bridgehead atoms. The summed E-state index contributed by atoms with van der Waals surface area (Å²) < 4.78 is 0. The second-order valence-corrected chi connectivity index (χ2v) is 5.43. The maximum Gasteiger partial charge on any atom is 0.246 e. The smallest absolute Gasteiger partial charge is 0.246 e. The van der Waals surface area contributed by atoms with Gasteiger partial charge in [-0.1, -0.05) is 33.6 Å². The van der Waals surface area contributed by atoms with Crippen molar-refractivity contribution < 1.29 is 9.59 Å². The predicted octanol–water partition coefficient (Wildman–Crippen LogP) is 1.94. The zero-order valence-corrected chi connectivity index (χ0v) is 12.2. The van der Waals surface area contributed by atoms with E-state index in [1.807, 2.05) is 27.7 Å². The number of hydrogen-bond acceptors (Lipinski definition) is 2. The zero-order valence-electron chi connectivity index (χ0n) is 12.2. The van der Waals surface area contributed by atoms with Crippen LogP contribution < -0.4 is 5.32 Å². The van der Waals surface area contributed by atoms with Gasteiger partial charge in [-0.3, -0.25) is 9.59 Å². The molecule has 1 rings (SSSR count). The predicted molar refractivity (Wildman–Crippen MR) is 72.1 cm³/mol. The molecule has 0 aromatic heterocycles. The highest BCUT2D eigenvalue weighted by Crippen LogP contribution is 2.21. The number of carbonyl (C=O) groups is 2. The molecule has 4 heteroatoms. The van der Waals surface area contributed by atoms with Crippen LogP contribution in [0.2, 0.25) is 0 Å². The van der Waals surface area contributed by atoms with Crippen molar-refractivity contribution in [3.8, 4) is 0 Å². The van der Waals surface area contributed by atoms with E-state index in [9.17, 15) is 9.59 Å². The van der Waals surface area contributed by atoms with Crippen molar-refractivity contribution in [1.82, 2.24) is 10.2 Å². The standard InChI is InChI=1S/C14H26N2O2/c1-6-8-10(4)16-11(5)13(17)15-12(14(16)18)9(3)7-2/h9-12H,6-8H2,1-5H3,(H,15,17). The summed E-state index contributed by atoms with van der Waals surface area (Å²) in [6.07, 6.45) is 2.85. The van der Waals surface area contributed by atoms with Crippen molar-refractivity contribution in [2.45, 2.75) is 72.0 Å². The summed E-state index contributed by atoms with van der Waals surface area (Å²) in [6.45, 7) is 10.0. The summed E-state index contributed by atoms with van der Waals surface area (Å²) in [5, 5.41) is 2.86. The SMILES string of the molecule is CCCC(C)N1C(=O)C(C(C)CC)NC(=O)C1C. The molecule has 0 aromatic rings. The highest BCUT2D eigenvalue weighted by molar-refractivity contribution is 5.97. The molecule has 104 valence electrons. The van der Waals surface area contributed by atoms with Crippen LogP contribution in [0.25, 0.3) is 0 Å². The molecule has 1 aliphatic heterocycles. The summed E-state index contributed by atoms with van der Waals surface area (Å²) in [4.78, 5) is 26.3. The Balaban J connectivity index is 2.92. The Morgan fingerprint density at radius 2 is 1.89 bits per heavy atom. The average Bonchev–Trinajstić information content (AvgIpc) is 2.33. The molecule has 0 saturated carbocycles. The van der Waals surface area contributed by atoms with E-state index >= 15 is 0 Å². The first kappa shape index (κ1) is 15.0. The van der Waals surface area contributed by atoms with E-state index in [0.717, 1.165) is 19.3 Å². The quantitative estimate of drug-likeness (QED) is 0.815. The van der Waals surface area contributed by atoms with Gasteiger partial charge in [0, 0.05) is 6.04 Å². The Labute approximate surface area is 110 Å². The van der Waals surface area contributed by atoms with Crippen molar-refractivity contribution in [1.29, 1.82) is 0 Å². The molecule has 4 nitrogen and oxygen atoms in total. The van der Waals surface area contributed by atoms with Gasteiger partial charge >= 0.3 is 0 Å². The van der Waals surface area contributed by atoms with Crippen molar-refractivity contribution in [3.05, 3.63) is 0 Å². The molecule has 18 heavy (non-hydrogen) atoms. The third-order valence-corrected chi connectivity index (χ3v) is 4.01. The van der Waals surface area contributed by atoms with E-state index in [0.29, 0.717) is 0 Å². The first-order valence-corrected chi connectivity index (χ1v) is 7.06. The number of carbonyl (C=O) groups excluding carboxylic acids is 2. The lowest BCUT2D eigenvalue weighted by Gasteiger charge is -2.42. The minimum absolute atomic E-state index is 0.0251. The van der Waals surface area contributed by atoms with Crippen LogP contribution in [0.3, 0.4) is 0 Å². The number of amides is 2. The summed E-state index contributed by atoms with van der Waals surface area (Å²) in [5.74, 6) is 0.241. The van der Waals surface area contributed by atoms with E-state index < -0.39 is 0 Å². The van der Waals surface area contributed by atoms with Gasteiger partial charge in [0.05, 0.1) is 0 Å². The van der Waals surface area contributed by atoms with Gasteiger partial charge in [-0.15, -0.1) is 0 Å². The maximum atomic E-state index is 12.5. The lowest BCUT2D eigenvalue weighted by atomic mass is 9.93. The first-order valence-electron chi connectivity index (χ1n) is 7.06. The van der Waals surface area contributed by atoms with Crippen LogP contribution in [-0.4, -0.2) is 34.8 Å². The lowest BCUT2D eigenvalue weighted by molar-refractivity contribution is -0.152. The highest BCUT2D eigenvalue weighted by Gasteiger charge is 2.41. The Morgan fingerprint density at radius 1 is 1.28 bits per heavy atom. The number of nitrogens with zero attached hydrogens (tertiary/aromatic N) is 1. The third-order valence-electron chi connectivity index (χ3n) is 4.01. The van der Waals surface area contributed by atoms with Gasteiger partial charge < -0.3 is 10.2 Å². The molecule has 0 aromatic carbocycles. The van der Waals surface area contributed by atoms with E-state index in [-0.39, 0.29) is 35.9 Å². The van der Waals surface area contributed by atoms with Crippen LogP contribution in [0.4, 0.5) is 0 Å². The summed E-state index contributed by atoms with van der Waals surface area (Å²) in [7, 11) is 0. The third kappa shape index (κ3) is 2.85. The molecular weight excluding hydrogens is 228 g/mol. The fourth-order valence-electron chi connectivity index (χ4n) is 2.59. The summed E-state index contributed by atoms with van der Waals surface area (Å²) in [6, 6.07) is -0.563. The molecule has 0 radical (unpaired) electrons. The number of rotatable bonds is 5. The van der Waals surface area contributed by atoms with Gasteiger partial charge in [0.15, 0.2) is 0 Å². The van der Waals surface area contributed by atoms with Crippen LogP contribution in [0, 0.1) is 5.92 Å². The second-order valence-electron chi connectivity index (χ2n) is 5.43. The fourth-order valence-corrected chi connectivity index (χ4v) is 2.59. The molecule has 4 unspecified atom stereocenters. The number of hydrogen-bond donors (Lipinski definition) is 1. The Kier molecular flexibility index (Phi) is 5.17.